The van der Waals surface area contributed by atoms with Crippen molar-refractivity contribution in [1.29, 1.82) is 0 Å². The number of carbonyl (C=O) groups excluding carboxylic acids is 2. The average molecular weight is 394 g/mol. The summed E-state index contributed by atoms with van der Waals surface area (Å²) in [6.07, 6.45) is 0.772. The van der Waals surface area contributed by atoms with E-state index in [1.54, 1.807) is 24.3 Å². The molecule has 2 aromatic carbocycles. The topological polar surface area (TPSA) is 85.2 Å². The number of hydrogen-bond acceptors (Lipinski definition) is 4. The third-order valence-electron chi connectivity index (χ3n) is 4.57. The lowest BCUT2D eigenvalue weighted by atomic mass is 10.2. The summed E-state index contributed by atoms with van der Waals surface area (Å²) >= 11 is 0. The van der Waals surface area contributed by atoms with Crippen LogP contribution in [0.4, 0.5) is 0 Å². The molecule has 0 bridgehead atoms. The van der Waals surface area contributed by atoms with Crippen LogP contribution < -0.4 is 15.4 Å². The van der Waals surface area contributed by atoms with E-state index in [9.17, 15) is 9.59 Å². The van der Waals surface area contributed by atoms with Crippen LogP contribution in [0, 0.1) is 6.92 Å². The van der Waals surface area contributed by atoms with Crippen LogP contribution in [0.3, 0.4) is 0 Å². The largest absolute Gasteiger partial charge is 0.493 e. The van der Waals surface area contributed by atoms with Crippen molar-refractivity contribution >= 4 is 22.8 Å². The molecule has 3 rings (SSSR count). The molecule has 3 aromatic rings. The number of ether oxygens (including phenoxy) is 1. The molecule has 1 aromatic heterocycles. The predicted molar refractivity (Wildman–Crippen MR) is 112 cm³/mol. The van der Waals surface area contributed by atoms with Crippen LogP contribution in [-0.4, -0.2) is 41.1 Å². The summed E-state index contributed by atoms with van der Waals surface area (Å²) in [4.78, 5) is 28.9. The first-order valence-corrected chi connectivity index (χ1v) is 9.78. The Morgan fingerprint density at radius 1 is 1.07 bits per heavy atom. The fraction of sp³-hybridized carbons (Fsp3) is 0.318. The third-order valence-corrected chi connectivity index (χ3v) is 4.57. The second-order valence-corrected chi connectivity index (χ2v) is 6.61. The number of nitrogens with zero attached hydrogens (tertiary/aromatic N) is 2. The third kappa shape index (κ3) is 5.13. The first kappa shape index (κ1) is 20.4. The van der Waals surface area contributed by atoms with Crippen LogP contribution >= 0.6 is 0 Å². The molecule has 7 nitrogen and oxygen atoms in total. The van der Waals surface area contributed by atoms with Crippen LogP contribution in [0.2, 0.25) is 0 Å². The van der Waals surface area contributed by atoms with Gasteiger partial charge in [0.15, 0.2) is 0 Å². The highest BCUT2D eigenvalue weighted by Gasteiger charge is 2.13. The zero-order valence-corrected chi connectivity index (χ0v) is 16.8. The smallest absolute Gasteiger partial charge is 0.255 e. The Labute approximate surface area is 170 Å². The summed E-state index contributed by atoms with van der Waals surface area (Å²) in [5.74, 6) is 0.915. The van der Waals surface area contributed by atoms with Crippen molar-refractivity contribution in [1.82, 2.24) is 20.2 Å². The van der Waals surface area contributed by atoms with Gasteiger partial charge in [0.05, 0.1) is 29.7 Å². The number of rotatable bonds is 9. The van der Waals surface area contributed by atoms with Gasteiger partial charge in [-0.1, -0.05) is 24.3 Å². The monoisotopic (exact) mass is 394 g/mol. The molecular weight excluding hydrogens is 368 g/mol. The van der Waals surface area contributed by atoms with Crippen LogP contribution in [0.25, 0.3) is 11.0 Å². The first-order valence-electron chi connectivity index (χ1n) is 9.78. The van der Waals surface area contributed by atoms with Gasteiger partial charge in [0.1, 0.15) is 11.6 Å². The standard InChI is InChI=1S/C22H26N4O3/c1-3-29-20-12-7-4-9-17(20)22(28)24-15-21(27)23-13-8-14-26-16(2)25-18-10-5-6-11-19(18)26/h4-7,9-12H,3,8,13-15H2,1-2H3,(H,23,27)(H,24,28). The van der Waals surface area contributed by atoms with Gasteiger partial charge in [-0.05, 0) is 44.5 Å². The number of nitrogens with one attached hydrogen (secondary N) is 2. The lowest BCUT2D eigenvalue weighted by Gasteiger charge is -2.11. The minimum atomic E-state index is -0.329. The Kier molecular flexibility index (Phi) is 6.84. The molecule has 2 amide bonds. The molecule has 0 radical (unpaired) electrons. The summed E-state index contributed by atoms with van der Waals surface area (Å²) in [5.41, 5.74) is 2.49. The SMILES string of the molecule is CCOc1ccccc1C(=O)NCC(=O)NCCCn1c(C)nc2ccccc21. The molecular formula is C22H26N4O3. The number of imidazole rings is 1. The molecule has 0 saturated carbocycles. The maximum Gasteiger partial charge on any atom is 0.255 e. The first-order chi connectivity index (χ1) is 14.1. The van der Waals surface area contributed by atoms with Crippen molar-refractivity contribution in [2.75, 3.05) is 19.7 Å². The number of aromatic nitrogens is 2. The van der Waals surface area contributed by atoms with E-state index in [1.807, 2.05) is 38.1 Å². The van der Waals surface area contributed by atoms with Crippen molar-refractivity contribution in [3.8, 4) is 5.75 Å². The highest BCUT2D eigenvalue weighted by atomic mass is 16.5. The van der Waals surface area contributed by atoms with E-state index < -0.39 is 0 Å². The number of carbonyl (C=O) groups is 2. The van der Waals surface area contributed by atoms with Gasteiger partial charge in [0, 0.05) is 13.1 Å². The Morgan fingerprint density at radius 3 is 2.66 bits per heavy atom. The van der Waals surface area contributed by atoms with Crippen molar-refractivity contribution in [3.63, 3.8) is 0 Å². The summed E-state index contributed by atoms with van der Waals surface area (Å²) in [6, 6.07) is 15.0. The van der Waals surface area contributed by atoms with Gasteiger partial charge in [-0.2, -0.15) is 0 Å². The Hall–Kier alpha value is -3.35. The minimum Gasteiger partial charge on any atom is -0.493 e. The van der Waals surface area contributed by atoms with Gasteiger partial charge in [-0.25, -0.2) is 4.98 Å². The Balaban J connectivity index is 1.43. The number of benzene rings is 2. The zero-order chi connectivity index (χ0) is 20.6. The summed E-state index contributed by atoms with van der Waals surface area (Å²) in [6.45, 7) is 5.52. The van der Waals surface area contributed by atoms with E-state index in [0.29, 0.717) is 24.5 Å². The highest BCUT2D eigenvalue weighted by Crippen LogP contribution is 2.17. The van der Waals surface area contributed by atoms with Gasteiger partial charge in [0.2, 0.25) is 5.91 Å². The van der Waals surface area contributed by atoms with E-state index >= 15 is 0 Å². The molecule has 0 spiro atoms. The zero-order valence-electron chi connectivity index (χ0n) is 16.8. The number of aryl methyl sites for hydroxylation is 2. The van der Waals surface area contributed by atoms with Gasteiger partial charge in [-0.3, -0.25) is 9.59 Å². The van der Waals surface area contributed by atoms with Crippen molar-refractivity contribution < 1.29 is 14.3 Å². The quantitative estimate of drug-likeness (QED) is 0.547. The molecule has 1 heterocycles. The number of fused-ring (bicyclic) bond motifs is 1. The highest BCUT2D eigenvalue weighted by molar-refractivity contribution is 5.98. The summed E-state index contributed by atoms with van der Waals surface area (Å²) in [7, 11) is 0. The summed E-state index contributed by atoms with van der Waals surface area (Å²) < 4.78 is 7.60. The molecule has 152 valence electrons. The van der Waals surface area contributed by atoms with E-state index in [-0.39, 0.29) is 18.4 Å². The summed E-state index contributed by atoms with van der Waals surface area (Å²) in [5, 5.41) is 5.48. The average Bonchev–Trinajstić information content (AvgIpc) is 3.05. The molecule has 0 saturated heterocycles. The van der Waals surface area contributed by atoms with E-state index in [0.717, 1.165) is 29.8 Å². The molecule has 0 aliphatic heterocycles. The maximum atomic E-state index is 12.3. The lowest BCUT2D eigenvalue weighted by Crippen LogP contribution is -2.37. The molecule has 29 heavy (non-hydrogen) atoms. The Bertz CT molecular complexity index is 997. The van der Waals surface area contributed by atoms with E-state index in [1.165, 1.54) is 0 Å². The minimum absolute atomic E-state index is 0.0771. The van der Waals surface area contributed by atoms with Gasteiger partial charge in [-0.15, -0.1) is 0 Å². The molecule has 0 fully saturated rings. The fourth-order valence-corrected chi connectivity index (χ4v) is 3.20. The molecule has 0 unspecified atom stereocenters. The van der Waals surface area contributed by atoms with Crippen LogP contribution in [-0.2, 0) is 11.3 Å². The second-order valence-electron chi connectivity index (χ2n) is 6.61. The molecule has 2 N–H and O–H groups in total. The van der Waals surface area contributed by atoms with E-state index in [4.69, 9.17) is 4.74 Å². The Morgan fingerprint density at radius 2 is 1.83 bits per heavy atom. The van der Waals surface area contributed by atoms with Crippen molar-refractivity contribution in [2.45, 2.75) is 26.8 Å². The van der Waals surface area contributed by atoms with E-state index in [2.05, 4.69) is 20.2 Å². The predicted octanol–water partition coefficient (Wildman–Crippen LogP) is 2.68. The maximum absolute atomic E-state index is 12.3. The van der Waals surface area contributed by atoms with Crippen LogP contribution in [0.15, 0.2) is 48.5 Å². The van der Waals surface area contributed by atoms with Gasteiger partial charge < -0.3 is 19.9 Å². The number of para-hydroxylation sites is 3. The van der Waals surface area contributed by atoms with Crippen molar-refractivity contribution in [3.05, 3.63) is 59.9 Å². The normalized spacial score (nSPS) is 10.7. The second kappa shape index (κ2) is 9.73. The van der Waals surface area contributed by atoms with Crippen LogP contribution in [0.1, 0.15) is 29.5 Å². The van der Waals surface area contributed by atoms with Crippen LogP contribution in [0.5, 0.6) is 5.75 Å². The molecule has 0 aliphatic carbocycles. The fourth-order valence-electron chi connectivity index (χ4n) is 3.20. The van der Waals surface area contributed by atoms with Crippen molar-refractivity contribution in [2.24, 2.45) is 0 Å². The molecule has 0 atom stereocenters. The van der Waals surface area contributed by atoms with Gasteiger partial charge >= 0.3 is 0 Å². The lowest BCUT2D eigenvalue weighted by molar-refractivity contribution is -0.120. The van der Waals surface area contributed by atoms with Gasteiger partial charge in [0.25, 0.3) is 5.91 Å². The number of hydrogen-bond donors (Lipinski definition) is 2. The number of amides is 2. The molecule has 0 aliphatic rings. The molecule has 7 heteroatoms.